The van der Waals surface area contributed by atoms with E-state index < -0.39 is 28.6 Å². The van der Waals surface area contributed by atoms with Gasteiger partial charge in [0.05, 0.1) is 12.2 Å². The second-order valence-corrected chi connectivity index (χ2v) is 5.13. The highest BCUT2D eigenvalue weighted by Crippen LogP contribution is 2.11. The number of benzene rings is 2. The first kappa shape index (κ1) is 15.8. The molecule has 7 heteroatoms. The highest BCUT2D eigenvalue weighted by Gasteiger charge is 2.10. The van der Waals surface area contributed by atoms with Crippen molar-refractivity contribution >= 4 is 0 Å². The van der Waals surface area contributed by atoms with Crippen molar-refractivity contribution in [3.05, 3.63) is 98.6 Å². The zero-order chi connectivity index (χ0) is 17.3. The van der Waals surface area contributed by atoms with Crippen molar-refractivity contribution in [1.29, 1.82) is 0 Å². The van der Waals surface area contributed by atoms with Crippen molar-refractivity contribution in [2.45, 2.75) is 6.54 Å². The fraction of sp³-hybridized carbons (Fsp3) is 0.0588. The molecular formula is C17H11F3N2O2. The highest BCUT2D eigenvalue weighted by atomic mass is 19.2. The fourth-order valence-corrected chi connectivity index (χ4v) is 2.30. The molecule has 2 aromatic carbocycles. The molecule has 0 aliphatic carbocycles. The summed E-state index contributed by atoms with van der Waals surface area (Å²) in [7, 11) is 0. The summed E-state index contributed by atoms with van der Waals surface area (Å²) < 4.78 is 41.5. The van der Waals surface area contributed by atoms with Gasteiger partial charge in [0.15, 0.2) is 11.6 Å². The quantitative estimate of drug-likeness (QED) is 0.692. The molecular weight excluding hydrogens is 321 g/mol. The zero-order valence-corrected chi connectivity index (χ0v) is 12.2. The van der Waals surface area contributed by atoms with E-state index in [1.807, 2.05) is 0 Å². The number of hydrogen-bond donors (Lipinski definition) is 0. The van der Waals surface area contributed by atoms with Crippen LogP contribution in [-0.4, -0.2) is 9.13 Å². The van der Waals surface area contributed by atoms with Gasteiger partial charge < -0.3 is 4.57 Å². The molecule has 0 fully saturated rings. The molecule has 0 amide bonds. The summed E-state index contributed by atoms with van der Waals surface area (Å²) in [6.45, 7) is 0.0183. The maximum absolute atomic E-state index is 13.3. The molecule has 1 heterocycles. The Morgan fingerprint density at radius 3 is 2.33 bits per heavy atom. The van der Waals surface area contributed by atoms with Crippen LogP contribution in [0.15, 0.2) is 64.4 Å². The molecule has 24 heavy (non-hydrogen) atoms. The van der Waals surface area contributed by atoms with Crippen molar-refractivity contribution in [1.82, 2.24) is 9.13 Å². The predicted octanol–water partition coefficient (Wildman–Crippen LogP) is 2.46. The number of hydrogen-bond acceptors (Lipinski definition) is 2. The van der Waals surface area contributed by atoms with Gasteiger partial charge in [-0.2, -0.15) is 0 Å². The van der Waals surface area contributed by atoms with E-state index in [0.29, 0.717) is 5.56 Å². The summed E-state index contributed by atoms with van der Waals surface area (Å²) in [6.07, 6.45) is 2.60. The second kappa shape index (κ2) is 6.19. The van der Waals surface area contributed by atoms with Crippen molar-refractivity contribution in [3.8, 4) is 5.69 Å². The molecule has 3 rings (SSSR count). The lowest BCUT2D eigenvalue weighted by molar-refractivity contribution is 0.507. The molecule has 0 saturated carbocycles. The Hall–Kier alpha value is -3.09. The Morgan fingerprint density at radius 2 is 1.62 bits per heavy atom. The molecule has 0 unspecified atom stereocenters. The van der Waals surface area contributed by atoms with E-state index in [9.17, 15) is 22.8 Å². The van der Waals surface area contributed by atoms with Crippen molar-refractivity contribution in [2.24, 2.45) is 0 Å². The van der Waals surface area contributed by atoms with Gasteiger partial charge in [0.1, 0.15) is 5.82 Å². The Balaban J connectivity index is 2.01. The van der Waals surface area contributed by atoms with Gasteiger partial charge in [0, 0.05) is 18.5 Å². The normalized spacial score (nSPS) is 10.8. The van der Waals surface area contributed by atoms with Crippen LogP contribution in [0.2, 0.25) is 0 Å². The standard InChI is InChI=1S/C17H11F3N2O2/c18-12-3-1-2-11(8-12)10-21-6-7-22(17(24)16(21)23)13-4-5-14(19)15(20)9-13/h1-9H,10H2. The average molecular weight is 332 g/mol. The van der Waals surface area contributed by atoms with E-state index in [1.54, 1.807) is 6.07 Å². The topological polar surface area (TPSA) is 44.0 Å². The van der Waals surface area contributed by atoms with E-state index in [1.165, 1.54) is 36.7 Å². The van der Waals surface area contributed by atoms with Crippen molar-refractivity contribution in [3.63, 3.8) is 0 Å². The molecule has 0 bridgehead atoms. The lowest BCUT2D eigenvalue weighted by atomic mass is 10.2. The summed E-state index contributed by atoms with van der Waals surface area (Å²) in [5, 5.41) is 0. The van der Waals surface area contributed by atoms with Crippen LogP contribution in [0.25, 0.3) is 5.69 Å². The van der Waals surface area contributed by atoms with Crippen LogP contribution in [0.4, 0.5) is 13.2 Å². The summed E-state index contributed by atoms with van der Waals surface area (Å²) in [4.78, 5) is 24.4. The molecule has 0 radical (unpaired) electrons. The Labute approximate surface area is 134 Å². The van der Waals surface area contributed by atoms with Crippen LogP contribution >= 0.6 is 0 Å². The van der Waals surface area contributed by atoms with Gasteiger partial charge in [0.2, 0.25) is 0 Å². The summed E-state index contributed by atoms with van der Waals surface area (Å²) >= 11 is 0. The summed E-state index contributed by atoms with van der Waals surface area (Å²) in [6, 6.07) is 8.54. The molecule has 122 valence electrons. The van der Waals surface area contributed by atoms with E-state index in [4.69, 9.17) is 0 Å². The summed E-state index contributed by atoms with van der Waals surface area (Å²) in [5.41, 5.74) is -1.22. The Kier molecular flexibility index (Phi) is 4.07. The third kappa shape index (κ3) is 3.01. The van der Waals surface area contributed by atoms with E-state index in [-0.39, 0.29) is 12.2 Å². The minimum atomic E-state index is -1.12. The SMILES string of the molecule is O=c1c(=O)n(-c2ccc(F)c(F)c2)ccn1Cc1cccc(F)c1. The molecule has 1 aromatic heterocycles. The number of rotatable bonds is 3. The van der Waals surface area contributed by atoms with Gasteiger partial charge in [-0.15, -0.1) is 0 Å². The monoisotopic (exact) mass is 332 g/mol. The second-order valence-electron chi connectivity index (χ2n) is 5.13. The third-order valence-electron chi connectivity index (χ3n) is 3.48. The lowest BCUT2D eigenvalue weighted by Gasteiger charge is -2.09. The molecule has 3 aromatic rings. The Morgan fingerprint density at radius 1 is 0.833 bits per heavy atom. The van der Waals surface area contributed by atoms with E-state index >= 15 is 0 Å². The minimum Gasteiger partial charge on any atom is -0.305 e. The van der Waals surface area contributed by atoms with Crippen molar-refractivity contribution < 1.29 is 13.2 Å². The van der Waals surface area contributed by atoms with Gasteiger partial charge in [-0.3, -0.25) is 14.2 Å². The van der Waals surface area contributed by atoms with Gasteiger partial charge >= 0.3 is 11.1 Å². The number of halogens is 3. The minimum absolute atomic E-state index is 0.0183. The van der Waals surface area contributed by atoms with E-state index in [2.05, 4.69) is 0 Å². The molecule has 0 aliphatic rings. The van der Waals surface area contributed by atoms with Crippen molar-refractivity contribution in [2.75, 3.05) is 0 Å². The van der Waals surface area contributed by atoms with Crippen LogP contribution in [0, 0.1) is 17.5 Å². The molecule has 4 nitrogen and oxygen atoms in total. The smallest absolute Gasteiger partial charge is 0.305 e. The number of aromatic nitrogens is 2. The largest absolute Gasteiger partial charge is 0.320 e. The van der Waals surface area contributed by atoms with Crippen LogP contribution < -0.4 is 11.1 Å². The van der Waals surface area contributed by atoms with Crippen LogP contribution in [0.3, 0.4) is 0 Å². The number of nitrogens with zero attached hydrogens (tertiary/aromatic N) is 2. The first-order valence-electron chi connectivity index (χ1n) is 6.97. The van der Waals surface area contributed by atoms with Gasteiger partial charge in [-0.25, -0.2) is 13.2 Å². The first-order chi connectivity index (χ1) is 11.5. The fourth-order valence-electron chi connectivity index (χ4n) is 2.30. The Bertz CT molecular complexity index is 1020. The molecule has 0 atom stereocenters. The van der Waals surface area contributed by atoms with Gasteiger partial charge in [0.25, 0.3) is 0 Å². The maximum Gasteiger partial charge on any atom is 0.320 e. The van der Waals surface area contributed by atoms with E-state index in [0.717, 1.165) is 21.3 Å². The zero-order valence-electron chi connectivity index (χ0n) is 12.2. The molecule has 0 aliphatic heterocycles. The van der Waals surface area contributed by atoms with Crippen LogP contribution in [0.5, 0.6) is 0 Å². The van der Waals surface area contributed by atoms with Gasteiger partial charge in [-0.05, 0) is 29.8 Å². The van der Waals surface area contributed by atoms with Crippen LogP contribution in [-0.2, 0) is 6.54 Å². The molecule has 0 saturated heterocycles. The molecule has 0 spiro atoms. The average Bonchev–Trinajstić information content (AvgIpc) is 2.55. The highest BCUT2D eigenvalue weighted by molar-refractivity contribution is 5.32. The predicted molar refractivity (Wildman–Crippen MR) is 81.7 cm³/mol. The van der Waals surface area contributed by atoms with Crippen LogP contribution in [0.1, 0.15) is 5.56 Å². The van der Waals surface area contributed by atoms with Gasteiger partial charge in [-0.1, -0.05) is 12.1 Å². The third-order valence-corrected chi connectivity index (χ3v) is 3.48. The lowest BCUT2D eigenvalue weighted by Crippen LogP contribution is -2.40. The summed E-state index contributed by atoms with van der Waals surface area (Å²) in [5.74, 6) is -2.62. The maximum atomic E-state index is 13.3. The first-order valence-corrected chi connectivity index (χ1v) is 6.97. The molecule has 0 N–H and O–H groups in total.